The molecule has 3 heterocycles. The average molecular weight is 657 g/mol. The van der Waals surface area contributed by atoms with Gasteiger partial charge in [0.2, 0.25) is 0 Å². The van der Waals surface area contributed by atoms with Crippen molar-refractivity contribution >= 4 is 32.7 Å². The van der Waals surface area contributed by atoms with Crippen LogP contribution >= 0.6 is 0 Å². The van der Waals surface area contributed by atoms with E-state index < -0.39 is 6.04 Å². The van der Waals surface area contributed by atoms with Gasteiger partial charge in [0.1, 0.15) is 0 Å². The Morgan fingerprint density at radius 2 is 1.25 bits per heavy atom. The van der Waals surface area contributed by atoms with Crippen LogP contribution in [0.25, 0.3) is 88.5 Å². The average Bonchev–Trinajstić information content (AvgIpc) is 3.47. The van der Waals surface area contributed by atoms with Crippen LogP contribution in [0.1, 0.15) is 31.8 Å². The van der Waals surface area contributed by atoms with Crippen molar-refractivity contribution < 1.29 is 6.85 Å². The van der Waals surface area contributed by atoms with Gasteiger partial charge in [-0.1, -0.05) is 117 Å². The fourth-order valence-corrected chi connectivity index (χ4v) is 7.82. The molecule has 51 heavy (non-hydrogen) atoms. The van der Waals surface area contributed by atoms with Crippen LogP contribution in [-0.4, -0.2) is 15.0 Å². The highest BCUT2D eigenvalue weighted by Crippen LogP contribution is 2.50. The lowest BCUT2D eigenvalue weighted by Crippen LogP contribution is -2.14. The molecule has 0 atom stereocenters. The second kappa shape index (κ2) is 11.3. The summed E-state index contributed by atoms with van der Waals surface area (Å²) < 4.78 is 42.9. The predicted molar refractivity (Wildman–Crippen MR) is 212 cm³/mol. The molecule has 0 aliphatic heterocycles. The number of hydrogen-bond donors (Lipinski definition) is 0. The molecule has 0 unspecified atom stereocenters. The Bertz CT molecular complexity index is 3110. The summed E-state index contributed by atoms with van der Waals surface area (Å²) in [5.41, 5.74) is 13.3. The first kappa shape index (κ1) is 24.6. The summed E-state index contributed by atoms with van der Waals surface area (Å²) in [5.74, 6) is 0. The van der Waals surface area contributed by atoms with Crippen LogP contribution in [0.4, 0.5) is 0 Å². The normalized spacial score (nSPS) is 14.4. The Hall–Kier alpha value is -6.45. The van der Waals surface area contributed by atoms with Crippen molar-refractivity contribution in [1.29, 1.82) is 0 Å². The Balaban J connectivity index is 1.22. The zero-order chi connectivity index (χ0) is 38.5. The third-order valence-electron chi connectivity index (χ3n) is 10.4. The highest BCUT2D eigenvalue weighted by atomic mass is 14.7. The van der Waals surface area contributed by atoms with Crippen LogP contribution in [0.5, 0.6) is 0 Å². The van der Waals surface area contributed by atoms with Gasteiger partial charge in [0.25, 0.3) is 0 Å². The van der Waals surface area contributed by atoms with E-state index in [9.17, 15) is 0 Å². The summed E-state index contributed by atoms with van der Waals surface area (Å²) in [6.07, 6.45) is 3.69. The molecule has 0 fully saturated rings. The highest BCUT2D eigenvalue weighted by Gasteiger charge is 2.35. The first-order chi connectivity index (χ1) is 27.1. The summed E-state index contributed by atoms with van der Waals surface area (Å²) in [6, 6.07) is 39.8. The van der Waals surface area contributed by atoms with E-state index in [4.69, 9.17) is 16.8 Å². The largest absolute Gasteiger partial charge is 0.254 e. The lowest BCUT2D eigenvalue weighted by atomic mass is 9.82. The molecule has 6 aromatic carbocycles. The standard InChI is InChI=1S/C48H33N3/c1-48(2)42-16-8-6-14-38(42)41-27-32(20-21-43(41)48)34-24-35(37-23-33-19-18-31-13-10-22-49-46(31)47(33)50-29-37)26-36(25-34)45-28-40(30-11-4-3-5-12-30)39-15-7-9-17-44(39)51-45/h3-29H,1-2H3/i3D,4D,5D,11D,12D. The summed E-state index contributed by atoms with van der Waals surface area (Å²) in [6.45, 7) is 4.56. The first-order valence-corrected chi connectivity index (χ1v) is 17.1. The van der Waals surface area contributed by atoms with Crippen molar-refractivity contribution in [2.24, 2.45) is 0 Å². The molecule has 240 valence electrons. The van der Waals surface area contributed by atoms with E-state index in [1.807, 2.05) is 48.7 Å². The molecule has 3 heteroatoms. The quantitative estimate of drug-likeness (QED) is 0.177. The summed E-state index contributed by atoms with van der Waals surface area (Å²) in [4.78, 5) is 14.7. The summed E-state index contributed by atoms with van der Waals surface area (Å²) in [5, 5.41) is 2.71. The van der Waals surface area contributed by atoms with Gasteiger partial charge < -0.3 is 0 Å². The molecule has 0 spiro atoms. The Morgan fingerprint density at radius 1 is 0.510 bits per heavy atom. The zero-order valence-corrected chi connectivity index (χ0v) is 28.0. The summed E-state index contributed by atoms with van der Waals surface area (Å²) >= 11 is 0. The lowest BCUT2D eigenvalue weighted by Gasteiger charge is -2.21. The van der Waals surface area contributed by atoms with Crippen LogP contribution in [0, 0.1) is 0 Å². The van der Waals surface area contributed by atoms with Gasteiger partial charge >= 0.3 is 0 Å². The molecule has 0 saturated heterocycles. The van der Waals surface area contributed by atoms with E-state index in [1.165, 1.54) is 22.3 Å². The summed E-state index contributed by atoms with van der Waals surface area (Å²) in [7, 11) is 0. The lowest BCUT2D eigenvalue weighted by molar-refractivity contribution is 0.660. The van der Waals surface area contributed by atoms with Crippen LogP contribution in [0.15, 0.2) is 164 Å². The number of aromatic nitrogens is 3. The van der Waals surface area contributed by atoms with Crippen LogP contribution in [0.3, 0.4) is 0 Å². The maximum absolute atomic E-state index is 8.87. The molecule has 0 radical (unpaired) electrons. The molecule has 0 N–H and O–H groups in total. The van der Waals surface area contributed by atoms with Gasteiger partial charge in [0, 0.05) is 45.1 Å². The number of rotatable bonds is 4. The van der Waals surface area contributed by atoms with Crippen molar-refractivity contribution in [2.75, 3.05) is 0 Å². The maximum atomic E-state index is 8.87. The fourth-order valence-electron chi connectivity index (χ4n) is 7.82. The number of benzene rings is 6. The molecule has 9 aromatic rings. The van der Waals surface area contributed by atoms with Crippen molar-refractivity contribution in [3.63, 3.8) is 0 Å². The monoisotopic (exact) mass is 656 g/mol. The van der Waals surface area contributed by atoms with Gasteiger partial charge in [0.05, 0.1) is 29.1 Å². The maximum Gasteiger partial charge on any atom is 0.0964 e. The van der Waals surface area contributed by atoms with Gasteiger partial charge in [-0.2, -0.15) is 0 Å². The fraction of sp³-hybridized carbons (Fsp3) is 0.0625. The molecule has 0 amide bonds. The molecular weight excluding hydrogens is 619 g/mol. The minimum absolute atomic E-state index is 0.123. The molecule has 3 aromatic heterocycles. The van der Waals surface area contributed by atoms with E-state index in [0.29, 0.717) is 22.2 Å². The minimum atomic E-state index is -0.423. The van der Waals surface area contributed by atoms with Crippen molar-refractivity contribution in [1.82, 2.24) is 15.0 Å². The topological polar surface area (TPSA) is 38.7 Å². The Kier molecular flexibility index (Phi) is 5.46. The van der Waals surface area contributed by atoms with Crippen molar-refractivity contribution in [2.45, 2.75) is 19.3 Å². The van der Waals surface area contributed by atoms with Gasteiger partial charge in [0.15, 0.2) is 0 Å². The molecule has 3 nitrogen and oxygen atoms in total. The van der Waals surface area contributed by atoms with Crippen LogP contribution in [-0.2, 0) is 5.41 Å². The highest BCUT2D eigenvalue weighted by molar-refractivity contribution is 6.04. The van der Waals surface area contributed by atoms with Gasteiger partial charge in [-0.15, -0.1) is 0 Å². The smallest absolute Gasteiger partial charge is 0.0964 e. The third kappa shape index (κ3) is 4.77. The van der Waals surface area contributed by atoms with Crippen LogP contribution < -0.4 is 0 Å². The van der Waals surface area contributed by atoms with Gasteiger partial charge in [-0.05, 0) is 98.6 Å². The molecular formula is C48H33N3. The number of pyridine rings is 3. The van der Waals surface area contributed by atoms with E-state index in [1.54, 1.807) is 6.20 Å². The van der Waals surface area contributed by atoms with Crippen molar-refractivity contribution in [3.8, 4) is 55.8 Å². The van der Waals surface area contributed by atoms with Gasteiger partial charge in [-0.25, -0.2) is 4.98 Å². The SMILES string of the molecule is [2H]c1c([2H])c([2H])c(-c2cc(-c3cc(-c4ccc5c(c4)-c4ccccc4C5(C)C)cc(-c4cnc5c(ccc6cccnc65)c4)c3)nc3ccccc23)c([2H])c1[2H]. The Labute approximate surface area is 304 Å². The number of fused-ring (bicyclic) bond motifs is 7. The van der Waals surface area contributed by atoms with Crippen molar-refractivity contribution in [3.05, 3.63) is 175 Å². The first-order valence-electron chi connectivity index (χ1n) is 19.6. The van der Waals surface area contributed by atoms with E-state index >= 15 is 0 Å². The van der Waals surface area contributed by atoms with E-state index in [2.05, 4.69) is 97.7 Å². The predicted octanol–water partition coefficient (Wildman–Crippen LogP) is 12.3. The number of hydrogen-bond acceptors (Lipinski definition) is 3. The second-order valence-corrected chi connectivity index (χ2v) is 13.7. The number of nitrogens with zero attached hydrogens (tertiary/aromatic N) is 3. The molecule has 0 saturated carbocycles. The Morgan fingerprint density at radius 3 is 2.16 bits per heavy atom. The van der Waals surface area contributed by atoms with Crippen LogP contribution in [0.2, 0.25) is 0 Å². The molecule has 10 rings (SSSR count). The minimum Gasteiger partial charge on any atom is -0.254 e. The van der Waals surface area contributed by atoms with Gasteiger partial charge in [-0.3, -0.25) is 9.97 Å². The zero-order valence-electron chi connectivity index (χ0n) is 33.0. The van der Waals surface area contributed by atoms with E-state index in [0.717, 1.165) is 49.6 Å². The molecule has 1 aliphatic carbocycles. The number of para-hydroxylation sites is 1. The second-order valence-electron chi connectivity index (χ2n) is 13.7. The van der Waals surface area contributed by atoms with E-state index in [-0.39, 0.29) is 35.1 Å². The molecule has 1 aliphatic rings. The third-order valence-corrected chi connectivity index (χ3v) is 10.4. The molecule has 0 bridgehead atoms.